The molecule has 0 aliphatic carbocycles. The number of halogens is 1. The third kappa shape index (κ3) is 1.49. The number of nitrogens with zero attached hydrogens (tertiary/aromatic N) is 1. The second-order valence-corrected chi connectivity index (χ2v) is 3.11. The van der Waals surface area contributed by atoms with Gasteiger partial charge in [-0.3, -0.25) is 0 Å². The van der Waals surface area contributed by atoms with Crippen molar-refractivity contribution >= 4 is 23.1 Å². The number of aromatic nitrogens is 1. The zero-order valence-electron chi connectivity index (χ0n) is 7.22. The molecule has 5 heteroatoms. The van der Waals surface area contributed by atoms with E-state index in [2.05, 4.69) is 15.6 Å². The standard InChI is InChI=1S/C8H10ClN3O/c1-13-5-4-6(9)12-8-7(5)10-2-3-11-8/h4,10H,2-3H2,1H3,(H,11,12). The summed E-state index contributed by atoms with van der Waals surface area (Å²) in [6.45, 7) is 1.72. The molecule has 4 nitrogen and oxygen atoms in total. The molecule has 0 aromatic carbocycles. The summed E-state index contributed by atoms with van der Waals surface area (Å²) in [5.41, 5.74) is 0.887. The summed E-state index contributed by atoms with van der Waals surface area (Å²) >= 11 is 5.80. The topological polar surface area (TPSA) is 46.2 Å². The summed E-state index contributed by atoms with van der Waals surface area (Å²) in [6, 6.07) is 1.69. The number of ether oxygens (including phenoxy) is 1. The van der Waals surface area contributed by atoms with Crippen LogP contribution in [0.1, 0.15) is 0 Å². The number of pyridine rings is 1. The van der Waals surface area contributed by atoms with Gasteiger partial charge in [0.1, 0.15) is 16.6 Å². The van der Waals surface area contributed by atoms with E-state index in [4.69, 9.17) is 16.3 Å². The van der Waals surface area contributed by atoms with Crippen LogP contribution in [-0.2, 0) is 0 Å². The van der Waals surface area contributed by atoms with E-state index in [-0.39, 0.29) is 0 Å². The van der Waals surface area contributed by atoms with Gasteiger partial charge in [0.15, 0.2) is 5.82 Å². The zero-order chi connectivity index (χ0) is 9.26. The fraction of sp³-hybridized carbons (Fsp3) is 0.375. The van der Waals surface area contributed by atoms with Crippen molar-refractivity contribution in [2.45, 2.75) is 0 Å². The number of hydrogen-bond donors (Lipinski definition) is 2. The van der Waals surface area contributed by atoms with Crippen molar-refractivity contribution in [1.82, 2.24) is 4.98 Å². The Balaban J connectivity index is 2.50. The first-order chi connectivity index (χ1) is 6.31. The molecule has 2 rings (SSSR count). The van der Waals surface area contributed by atoms with E-state index < -0.39 is 0 Å². The van der Waals surface area contributed by atoms with Gasteiger partial charge < -0.3 is 15.4 Å². The molecular formula is C8H10ClN3O. The van der Waals surface area contributed by atoms with Gasteiger partial charge in [0.25, 0.3) is 0 Å². The lowest BCUT2D eigenvalue weighted by Gasteiger charge is -2.20. The van der Waals surface area contributed by atoms with E-state index in [9.17, 15) is 0 Å². The van der Waals surface area contributed by atoms with Gasteiger partial charge in [-0.05, 0) is 0 Å². The summed E-state index contributed by atoms with van der Waals surface area (Å²) in [4.78, 5) is 4.13. The fourth-order valence-electron chi connectivity index (χ4n) is 1.32. The average Bonchev–Trinajstić information content (AvgIpc) is 2.16. The van der Waals surface area contributed by atoms with Crippen LogP contribution >= 0.6 is 11.6 Å². The quantitative estimate of drug-likeness (QED) is 0.675. The first-order valence-corrected chi connectivity index (χ1v) is 4.41. The minimum atomic E-state index is 0.437. The molecule has 0 unspecified atom stereocenters. The predicted octanol–water partition coefficient (Wildman–Crippen LogP) is 1.58. The molecule has 70 valence electrons. The van der Waals surface area contributed by atoms with Crippen LogP contribution in [0.2, 0.25) is 5.15 Å². The van der Waals surface area contributed by atoms with E-state index >= 15 is 0 Å². The highest BCUT2D eigenvalue weighted by molar-refractivity contribution is 6.29. The first kappa shape index (κ1) is 8.44. The molecule has 0 bridgehead atoms. The Morgan fingerprint density at radius 3 is 3.00 bits per heavy atom. The molecule has 1 aliphatic heterocycles. The molecule has 0 saturated carbocycles. The summed E-state index contributed by atoms with van der Waals surface area (Å²) < 4.78 is 5.17. The SMILES string of the molecule is COc1cc(Cl)nc2c1NCCN2. The number of methoxy groups -OCH3 is 1. The van der Waals surface area contributed by atoms with Crippen LogP contribution in [-0.4, -0.2) is 25.2 Å². The molecule has 1 aromatic heterocycles. The lowest BCUT2D eigenvalue weighted by Crippen LogP contribution is -2.22. The van der Waals surface area contributed by atoms with Gasteiger partial charge in [-0.15, -0.1) is 0 Å². The molecule has 0 saturated heterocycles. The van der Waals surface area contributed by atoms with Gasteiger partial charge in [-0.25, -0.2) is 4.98 Å². The molecule has 1 aromatic rings. The third-order valence-corrected chi connectivity index (χ3v) is 2.08. The first-order valence-electron chi connectivity index (χ1n) is 4.03. The number of fused-ring (bicyclic) bond motifs is 1. The van der Waals surface area contributed by atoms with Crippen molar-refractivity contribution in [2.75, 3.05) is 30.8 Å². The van der Waals surface area contributed by atoms with Gasteiger partial charge in [0, 0.05) is 19.2 Å². The number of rotatable bonds is 1. The lowest BCUT2D eigenvalue weighted by atomic mass is 10.3. The van der Waals surface area contributed by atoms with E-state index in [1.807, 2.05) is 0 Å². The largest absolute Gasteiger partial charge is 0.494 e. The van der Waals surface area contributed by atoms with E-state index in [1.54, 1.807) is 13.2 Å². The molecule has 0 radical (unpaired) electrons. The van der Waals surface area contributed by atoms with Crippen LogP contribution in [0.15, 0.2) is 6.07 Å². The maximum Gasteiger partial charge on any atom is 0.155 e. The van der Waals surface area contributed by atoms with Gasteiger partial charge >= 0.3 is 0 Å². The van der Waals surface area contributed by atoms with Gasteiger partial charge in [0.05, 0.1) is 7.11 Å². The molecular weight excluding hydrogens is 190 g/mol. The molecule has 13 heavy (non-hydrogen) atoms. The van der Waals surface area contributed by atoms with Crippen LogP contribution in [0.3, 0.4) is 0 Å². The molecule has 0 fully saturated rings. The molecule has 2 N–H and O–H groups in total. The Morgan fingerprint density at radius 1 is 1.46 bits per heavy atom. The fourth-order valence-corrected chi connectivity index (χ4v) is 1.50. The number of nitrogens with one attached hydrogen (secondary N) is 2. The zero-order valence-corrected chi connectivity index (χ0v) is 7.98. The monoisotopic (exact) mass is 199 g/mol. The Hall–Kier alpha value is -1.16. The summed E-state index contributed by atoms with van der Waals surface area (Å²) in [7, 11) is 1.61. The van der Waals surface area contributed by atoms with Gasteiger partial charge in [0.2, 0.25) is 0 Å². The van der Waals surface area contributed by atoms with E-state index in [0.29, 0.717) is 5.15 Å². The highest BCUT2D eigenvalue weighted by Gasteiger charge is 2.15. The van der Waals surface area contributed by atoms with Crippen molar-refractivity contribution in [3.63, 3.8) is 0 Å². The number of anilines is 2. The van der Waals surface area contributed by atoms with Crippen molar-refractivity contribution in [2.24, 2.45) is 0 Å². The van der Waals surface area contributed by atoms with E-state index in [1.165, 1.54) is 0 Å². The third-order valence-electron chi connectivity index (χ3n) is 1.89. The predicted molar refractivity (Wildman–Crippen MR) is 52.8 cm³/mol. The highest BCUT2D eigenvalue weighted by atomic mass is 35.5. The van der Waals surface area contributed by atoms with Crippen molar-refractivity contribution in [3.05, 3.63) is 11.2 Å². The Morgan fingerprint density at radius 2 is 2.23 bits per heavy atom. The summed E-state index contributed by atoms with van der Waals surface area (Å²) in [5, 5.41) is 6.78. The van der Waals surface area contributed by atoms with Crippen LogP contribution in [0.25, 0.3) is 0 Å². The smallest absolute Gasteiger partial charge is 0.155 e. The Bertz CT molecular complexity index is 312. The minimum absolute atomic E-state index is 0.437. The molecule has 1 aliphatic rings. The van der Waals surface area contributed by atoms with E-state index in [0.717, 1.165) is 30.3 Å². The molecule has 2 heterocycles. The van der Waals surface area contributed by atoms with Crippen molar-refractivity contribution < 1.29 is 4.74 Å². The minimum Gasteiger partial charge on any atom is -0.494 e. The Labute approximate surface area is 81.3 Å². The van der Waals surface area contributed by atoms with Crippen molar-refractivity contribution in [1.29, 1.82) is 0 Å². The van der Waals surface area contributed by atoms with Crippen LogP contribution in [0.4, 0.5) is 11.5 Å². The van der Waals surface area contributed by atoms with Crippen LogP contribution in [0.5, 0.6) is 5.75 Å². The van der Waals surface area contributed by atoms with Crippen LogP contribution in [0, 0.1) is 0 Å². The van der Waals surface area contributed by atoms with Gasteiger partial charge in [-0.2, -0.15) is 0 Å². The number of hydrogen-bond acceptors (Lipinski definition) is 4. The Kier molecular flexibility index (Phi) is 2.14. The molecule has 0 spiro atoms. The normalized spacial score (nSPS) is 14.0. The van der Waals surface area contributed by atoms with Gasteiger partial charge in [-0.1, -0.05) is 11.6 Å². The van der Waals surface area contributed by atoms with Crippen LogP contribution < -0.4 is 15.4 Å². The summed E-state index contributed by atoms with van der Waals surface area (Å²) in [5.74, 6) is 1.48. The second kappa shape index (κ2) is 3.30. The lowest BCUT2D eigenvalue weighted by molar-refractivity contribution is 0.416. The summed E-state index contributed by atoms with van der Waals surface area (Å²) in [6.07, 6.45) is 0. The average molecular weight is 200 g/mol. The molecule has 0 atom stereocenters. The molecule has 0 amide bonds. The maximum atomic E-state index is 5.80. The van der Waals surface area contributed by atoms with Crippen molar-refractivity contribution in [3.8, 4) is 5.75 Å². The highest BCUT2D eigenvalue weighted by Crippen LogP contribution is 2.34. The second-order valence-electron chi connectivity index (χ2n) is 2.72. The maximum absolute atomic E-state index is 5.80.